The van der Waals surface area contributed by atoms with Crippen LogP contribution in [0.3, 0.4) is 0 Å². The molecule has 0 aliphatic carbocycles. The maximum atomic E-state index is 12.1. The summed E-state index contributed by atoms with van der Waals surface area (Å²) in [5.41, 5.74) is 4.94. The van der Waals surface area contributed by atoms with Gasteiger partial charge in [0.2, 0.25) is 0 Å². The maximum Gasteiger partial charge on any atom is 0.316 e. The van der Waals surface area contributed by atoms with E-state index >= 15 is 0 Å². The first kappa shape index (κ1) is 19.0. The van der Waals surface area contributed by atoms with Crippen molar-refractivity contribution >= 4 is 12.0 Å². The van der Waals surface area contributed by atoms with Crippen LogP contribution in [0.1, 0.15) is 58.1 Å². The molecule has 0 unspecified atom stereocenters. The Morgan fingerprint density at radius 1 is 1.30 bits per heavy atom. The number of benzene rings is 1. The Bertz CT molecular complexity index is 597. The van der Waals surface area contributed by atoms with Crippen LogP contribution >= 0.6 is 0 Å². The fourth-order valence-electron chi connectivity index (χ4n) is 1.93. The summed E-state index contributed by atoms with van der Waals surface area (Å²) >= 11 is 0. The van der Waals surface area contributed by atoms with Gasteiger partial charge in [-0.1, -0.05) is 49.4 Å². The van der Waals surface area contributed by atoms with E-state index in [1.54, 1.807) is 0 Å². The summed E-state index contributed by atoms with van der Waals surface area (Å²) in [6, 6.07) is 8.11. The molecule has 0 saturated carbocycles. The Labute approximate surface area is 140 Å². The molecule has 2 nitrogen and oxygen atoms in total. The van der Waals surface area contributed by atoms with Crippen molar-refractivity contribution in [3.8, 4) is 0 Å². The summed E-state index contributed by atoms with van der Waals surface area (Å²) in [5.74, 6) is 0.393. The SMILES string of the molecule is C=CCc1ccccc1C=C=C(CCCC)OC(=O)C(C)(C)C. The Morgan fingerprint density at radius 3 is 2.61 bits per heavy atom. The molecule has 1 rings (SSSR count). The summed E-state index contributed by atoms with van der Waals surface area (Å²) in [5, 5.41) is 0. The molecule has 2 heteroatoms. The average molecular weight is 312 g/mol. The van der Waals surface area contributed by atoms with Crippen molar-refractivity contribution in [3.63, 3.8) is 0 Å². The zero-order valence-corrected chi connectivity index (χ0v) is 14.8. The van der Waals surface area contributed by atoms with Crippen molar-refractivity contribution in [2.75, 3.05) is 0 Å². The minimum absolute atomic E-state index is 0.219. The van der Waals surface area contributed by atoms with Crippen LogP contribution in [0.5, 0.6) is 0 Å². The lowest BCUT2D eigenvalue weighted by molar-refractivity contribution is -0.148. The Kier molecular flexibility index (Phi) is 7.57. The first-order valence-corrected chi connectivity index (χ1v) is 8.25. The van der Waals surface area contributed by atoms with E-state index in [0.29, 0.717) is 5.76 Å². The monoisotopic (exact) mass is 312 g/mol. The first-order valence-electron chi connectivity index (χ1n) is 8.25. The third kappa shape index (κ3) is 6.71. The number of hydrogen-bond donors (Lipinski definition) is 0. The lowest BCUT2D eigenvalue weighted by atomic mass is 9.97. The average Bonchev–Trinajstić information content (AvgIpc) is 2.50. The molecule has 0 saturated heterocycles. The van der Waals surface area contributed by atoms with Crippen LogP contribution in [0.4, 0.5) is 0 Å². The standard InChI is InChI=1S/C21H28O2/c1-6-8-14-19(23-20(22)21(3,4)5)16-15-18-13-10-9-12-17(18)11-7-2/h7,9-10,12-13,15H,2,6,8,11,14H2,1,3-5H3. The fraction of sp³-hybridized carbons (Fsp3) is 0.429. The van der Waals surface area contributed by atoms with Gasteiger partial charge in [-0.15, -0.1) is 6.58 Å². The van der Waals surface area contributed by atoms with Crippen LogP contribution in [0.2, 0.25) is 0 Å². The molecule has 0 fully saturated rings. The van der Waals surface area contributed by atoms with Crippen molar-refractivity contribution in [1.29, 1.82) is 0 Å². The summed E-state index contributed by atoms with van der Waals surface area (Å²) in [4.78, 5) is 12.1. The number of hydrogen-bond acceptors (Lipinski definition) is 2. The molecular formula is C21H28O2. The number of allylic oxidation sites excluding steroid dienone is 2. The highest BCUT2D eigenvalue weighted by molar-refractivity contribution is 5.76. The number of carbonyl (C=O) groups excluding carboxylic acids is 1. The van der Waals surface area contributed by atoms with E-state index in [1.165, 1.54) is 5.56 Å². The molecule has 0 aliphatic heterocycles. The second kappa shape index (κ2) is 9.17. The van der Waals surface area contributed by atoms with Crippen molar-refractivity contribution in [1.82, 2.24) is 0 Å². The van der Waals surface area contributed by atoms with E-state index in [0.717, 1.165) is 31.2 Å². The highest BCUT2D eigenvalue weighted by atomic mass is 16.5. The number of esters is 1. The minimum atomic E-state index is -0.514. The largest absolute Gasteiger partial charge is 0.422 e. The van der Waals surface area contributed by atoms with E-state index in [4.69, 9.17) is 4.74 Å². The van der Waals surface area contributed by atoms with Crippen molar-refractivity contribution in [3.05, 3.63) is 59.5 Å². The van der Waals surface area contributed by atoms with Gasteiger partial charge < -0.3 is 4.74 Å². The quantitative estimate of drug-likeness (QED) is 0.280. The number of unbranched alkanes of at least 4 members (excludes halogenated alkanes) is 1. The summed E-state index contributed by atoms with van der Waals surface area (Å²) in [7, 11) is 0. The van der Waals surface area contributed by atoms with Crippen molar-refractivity contribution in [2.24, 2.45) is 5.41 Å². The van der Waals surface area contributed by atoms with E-state index in [-0.39, 0.29) is 5.97 Å². The second-order valence-electron chi connectivity index (χ2n) is 6.65. The maximum absolute atomic E-state index is 12.1. The molecule has 0 radical (unpaired) electrons. The van der Waals surface area contributed by atoms with Crippen LogP contribution in [0.15, 0.2) is 48.4 Å². The highest BCUT2D eigenvalue weighted by Crippen LogP contribution is 2.20. The fourth-order valence-corrected chi connectivity index (χ4v) is 1.93. The molecule has 0 bridgehead atoms. The second-order valence-corrected chi connectivity index (χ2v) is 6.65. The van der Waals surface area contributed by atoms with Gasteiger partial charge in [-0.3, -0.25) is 4.79 Å². The van der Waals surface area contributed by atoms with Crippen LogP contribution < -0.4 is 0 Å². The molecular weight excluding hydrogens is 284 g/mol. The van der Waals surface area contributed by atoms with Gasteiger partial charge in [0.25, 0.3) is 0 Å². The molecule has 0 spiro atoms. The zero-order valence-electron chi connectivity index (χ0n) is 14.8. The summed E-state index contributed by atoms with van der Waals surface area (Å²) in [6.07, 6.45) is 7.33. The molecule has 1 aromatic rings. The molecule has 0 N–H and O–H groups in total. The Morgan fingerprint density at radius 2 is 2.00 bits per heavy atom. The van der Waals surface area contributed by atoms with Gasteiger partial charge in [-0.25, -0.2) is 0 Å². The van der Waals surface area contributed by atoms with E-state index in [2.05, 4.69) is 25.3 Å². The predicted octanol–water partition coefficient (Wildman–Crippen LogP) is 5.69. The number of ether oxygens (including phenoxy) is 1. The highest BCUT2D eigenvalue weighted by Gasteiger charge is 2.24. The third-order valence-corrected chi connectivity index (χ3v) is 3.39. The van der Waals surface area contributed by atoms with E-state index < -0.39 is 5.41 Å². The molecule has 0 amide bonds. The van der Waals surface area contributed by atoms with Crippen LogP contribution in [-0.4, -0.2) is 5.97 Å². The summed E-state index contributed by atoms with van der Waals surface area (Å²) < 4.78 is 5.55. The lowest BCUT2D eigenvalue weighted by Crippen LogP contribution is -2.22. The van der Waals surface area contributed by atoms with E-state index in [9.17, 15) is 4.79 Å². The molecule has 0 aromatic heterocycles. The third-order valence-electron chi connectivity index (χ3n) is 3.39. The van der Waals surface area contributed by atoms with Crippen LogP contribution in [-0.2, 0) is 16.0 Å². The van der Waals surface area contributed by atoms with Gasteiger partial charge in [0, 0.05) is 6.42 Å². The number of carbonyl (C=O) groups is 1. The van der Waals surface area contributed by atoms with Crippen LogP contribution in [0, 0.1) is 5.41 Å². The number of rotatable bonds is 7. The Balaban J connectivity index is 3.08. The molecule has 23 heavy (non-hydrogen) atoms. The molecule has 0 aliphatic rings. The molecule has 1 aromatic carbocycles. The van der Waals surface area contributed by atoms with Crippen molar-refractivity contribution in [2.45, 2.75) is 53.4 Å². The summed E-state index contributed by atoms with van der Waals surface area (Å²) in [6.45, 7) is 11.5. The molecule has 0 atom stereocenters. The normalized spacial score (nSPS) is 10.6. The van der Waals surface area contributed by atoms with Crippen molar-refractivity contribution < 1.29 is 9.53 Å². The molecule has 0 heterocycles. The lowest BCUT2D eigenvalue weighted by Gasteiger charge is -2.17. The smallest absolute Gasteiger partial charge is 0.316 e. The predicted molar refractivity (Wildman–Crippen MR) is 96.9 cm³/mol. The van der Waals surface area contributed by atoms with Gasteiger partial charge >= 0.3 is 5.97 Å². The van der Waals surface area contributed by atoms with Gasteiger partial charge in [-0.2, -0.15) is 0 Å². The Hall–Kier alpha value is -2.05. The van der Waals surface area contributed by atoms with Gasteiger partial charge in [0.1, 0.15) is 5.76 Å². The molecule has 124 valence electrons. The van der Waals surface area contributed by atoms with Gasteiger partial charge in [0.15, 0.2) is 0 Å². The minimum Gasteiger partial charge on any atom is -0.422 e. The van der Waals surface area contributed by atoms with Gasteiger partial charge in [0.05, 0.1) is 5.41 Å². The van der Waals surface area contributed by atoms with Crippen LogP contribution in [0.25, 0.3) is 6.08 Å². The first-order chi connectivity index (χ1) is 10.9. The van der Waals surface area contributed by atoms with E-state index in [1.807, 2.05) is 51.1 Å². The van der Waals surface area contributed by atoms with Gasteiger partial charge in [-0.05, 0) is 50.8 Å². The zero-order chi connectivity index (χ0) is 17.3. The topological polar surface area (TPSA) is 26.3 Å².